The van der Waals surface area contributed by atoms with Gasteiger partial charge >= 0.3 is 0 Å². The lowest BCUT2D eigenvalue weighted by Gasteiger charge is -2.13. The summed E-state index contributed by atoms with van der Waals surface area (Å²) in [4.78, 5) is 8.63. The molecule has 29 heavy (non-hydrogen) atoms. The molecule has 0 aromatic rings. The van der Waals surface area contributed by atoms with Gasteiger partial charge in [-0.1, -0.05) is 26.5 Å². The summed E-state index contributed by atoms with van der Waals surface area (Å²) in [5, 5.41) is 3.29. The predicted molar refractivity (Wildman–Crippen MR) is 126 cm³/mol. The fourth-order valence-electron chi connectivity index (χ4n) is 2.45. The lowest BCUT2D eigenvalue weighted by molar-refractivity contribution is 0.293. The lowest BCUT2D eigenvalue weighted by Crippen LogP contribution is -2.11. The maximum Gasteiger partial charge on any atom is 0.135 e. The number of rotatable bonds is 12. The van der Waals surface area contributed by atoms with Crippen molar-refractivity contribution in [2.45, 2.75) is 54.4 Å². The van der Waals surface area contributed by atoms with E-state index in [9.17, 15) is 0 Å². The van der Waals surface area contributed by atoms with Crippen LogP contribution in [0, 0.1) is 0 Å². The molecular formula is C24H37N3O2. The molecule has 0 fully saturated rings. The Morgan fingerprint density at radius 3 is 2.10 bits per heavy atom. The summed E-state index contributed by atoms with van der Waals surface area (Å²) in [7, 11) is 3.26. The van der Waals surface area contributed by atoms with Crippen molar-refractivity contribution in [2.24, 2.45) is 9.98 Å². The quantitative estimate of drug-likeness (QED) is 0.184. The highest BCUT2D eigenvalue weighted by Gasteiger charge is 2.04. The third-order valence-corrected chi connectivity index (χ3v) is 4.24. The molecule has 0 spiro atoms. The van der Waals surface area contributed by atoms with Crippen molar-refractivity contribution in [1.29, 1.82) is 0 Å². The highest BCUT2D eigenvalue weighted by Crippen LogP contribution is 2.19. The predicted octanol–water partition coefficient (Wildman–Crippen LogP) is 6.21. The molecule has 0 unspecified atom stereocenters. The first-order chi connectivity index (χ1) is 13.8. The number of hydrogen-bond donors (Lipinski definition) is 1. The number of hydrogen-bond acceptors (Lipinski definition) is 4. The van der Waals surface area contributed by atoms with Crippen LogP contribution in [0.1, 0.15) is 54.4 Å². The number of ether oxygens (including phenoxy) is 2. The second-order valence-electron chi connectivity index (χ2n) is 6.36. The SMILES string of the molecule is C=C(/C=C(CC)\C(=C/C)CC)NC(/N=C\N=C/C=C(\C)OC)=C(C)\C=C(/C)OC. The van der Waals surface area contributed by atoms with Crippen molar-refractivity contribution in [3.05, 3.63) is 70.6 Å². The minimum atomic E-state index is 0.654. The molecule has 0 heterocycles. The Bertz CT molecular complexity index is 748. The molecule has 1 N–H and O–H groups in total. The van der Waals surface area contributed by atoms with Gasteiger partial charge in [0.25, 0.3) is 0 Å². The molecule has 0 radical (unpaired) electrons. The minimum absolute atomic E-state index is 0.654. The Morgan fingerprint density at radius 2 is 1.59 bits per heavy atom. The number of nitrogens with one attached hydrogen (secondary N) is 1. The van der Waals surface area contributed by atoms with Crippen LogP contribution in [0.15, 0.2) is 80.6 Å². The van der Waals surface area contributed by atoms with E-state index in [4.69, 9.17) is 9.47 Å². The highest BCUT2D eigenvalue weighted by molar-refractivity contribution is 5.80. The molecule has 0 amide bonds. The van der Waals surface area contributed by atoms with Crippen LogP contribution >= 0.6 is 0 Å². The van der Waals surface area contributed by atoms with Gasteiger partial charge in [-0.05, 0) is 75.5 Å². The first-order valence-corrected chi connectivity index (χ1v) is 9.84. The molecule has 0 saturated heterocycles. The average Bonchev–Trinajstić information content (AvgIpc) is 2.71. The van der Waals surface area contributed by atoms with Crippen molar-refractivity contribution in [1.82, 2.24) is 5.32 Å². The summed E-state index contributed by atoms with van der Waals surface area (Å²) in [5.41, 5.74) is 4.26. The van der Waals surface area contributed by atoms with Crippen LogP contribution in [-0.2, 0) is 9.47 Å². The highest BCUT2D eigenvalue weighted by atomic mass is 16.5. The molecule has 0 aromatic heterocycles. The molecule has 160 valence electrons. The Labute approximate surface area is 177 Å². The van der Waals surface area contributed by atoms with E-state index in [0.717, 1.165) is 35.6 Å². The Balaban J connectivity index is 5.73. The van der Waals surface area contributed by atoms with E-state index in [0.29, 0.717) is 5.82 Å². The zero-order chi connectivity index (χ0) is 22.2. The van der Waals surface area contributed by atoms with Crippen LogP contribution in [0.2, 0.25) is 0 Å². The Morgan fingerprint density at radius 1 is 0.966 bits per heavy atom. The molecule has 0 aliphatic heterocycles. The van der Waals surface area contributed by atoms with Crippen LogP contribution in [0.4, 0.5) is 0 Å². The van der Waals surface area contributed by atoms with Crippen LogP contribution in [0.3, 0.4) is 0 Å². The summed E-state index contributed by atoms with van der Waals surface area (Å²) >= 11 is 0. The van der Waals surface area contributed by atoms with Crippen molar-refractivity contribution in [3.63, 3.8) is 0 Å². The van der Waals surface area contributed by atoms with Gasteiger partial charge in [0, 0.05) is 11.9 Å². The van der Waals surface area contributed by atoms with Crippen LogP contribution in [0.25, 0.3) is 0 Å². The molecule has 5 heteroatoms. The van der Waals surface area contributed by atoms with Crippen LogP contribution in [0.5, 0.6) is 0 Å². The van der Waals surface area contributed by atoms with E-state index >= 15 is 0 Å². The van der Waals surface area contributed by atoms with Gasteiger partial charge in [0.1, 0.15) is 12.2 Å². The normalized spacial score (nSPS) is 15.0. The molecule has 0 aliphatic carbocycles. The fourth-order valence-corrected chi connectivity index (χ4v) is 2.45. The maximum absolute atomic E-state index is 5.25. The second-order valence-corrected chi connectivity index (χ2v) is 6.36. The van der Waals surface area contributed by atoms with Gasteiger partial charge in [-0.15, -0.1) is 0 Å². The third-order valence-electron chi connectivity index (χ3n) is 4.24. The first-order valence-electron chi connectivity index (χ1n) is 9.84. The van der Waals surface area contributed by atoms with E-state index in [1.807, 2.05) is 26.8 Å². The van der Waals surface area contributed by atoms with Crippen LogP contribution < -0.4 is 5.32 Å². The van der Waals surface area contributed by atoms with Crippen molar-refractivity contribution in [3.8, 4) is 0 Å². The third kappa shape index (κ3) is 10.9. The Kier molecular flexibility index (Phi) is 13.7. The molecular weight excluding hydrogens is 362 g/mol. The van der Waals surface area contributed by atoms with E-state index in [-0.39, 0.29) is 0 Å². The molecule has 0 aromatic carbocycles. The van der Waals surface area contributed by atoms with Crippen molar-refractivity contribution in [2.75, 3.05) is 14.2 Å². The number of aliphatic imine (C=N–C) groups is 2. The standard InChI is InChI=1S/C24H37N3O2/c1-10-22(11-2)23(12-3)16-19(5)27-24(18(4)15-21(7)29-9)26-17-25-14-13-20(6)28-8/h10,13-17,27H,5,11-12H2,1-4,6-9H3/b20-13+,21-15+,22-10-,23-16-,24-18-,25-14-,26-17-. The van der Waals surface area contributed by atoms with Gasteiger partial charge in [0.05, 0.1) is 25.7 Å². The minimum Gasteiger partial charge on any atom is -0.501 e. The van der Waals surface area contributed by atoms with E-state index < -0.39 is 0 Å². The number of allylic oxidation sites excluding steroid dienone is 9. The van der Waals surface area contributed by atoms with Crippen LogP contribution in [-0.4, -0.2) is 26.8 Å². The van der Waals surface area contributed by atoms with Gasteiger partial charge < -0.3 is 14.8 Å². The molecule has 5 nitrogen and oxygen atoms in total. The Hall–Kier alpha value is -2.82. The summed E-state index contributed by atoms with van der Waals surface area (Å²) in [6.07, 6.45) is 13.0. The van der Waals surface area contributed by atoms with Crippen molar-refractivity contribution >= 4 is 12.6 Å². The smallest absolute Gasteiger partial charge is 0.135 e. The van der Waals surface area contributed by atoms with Gasteiger partial charge in [-0.2, -0.15) is 0 Å². The number of nitrogens with zero attached hydrogens (tertiary/aromatic N) is 2. The topological polar surface area (TPSA) is 55.2 Å². The zero-order valence-corrected chi connectivity index (χ0v) is 19.3. The molecule has 0 atom stereocenters. The van der Waals surface area contributed by atoms with E-state index in [1.165, 1.54) is 17.5 Å². The molecule has 0 aliphatic rings. The summed E-state index contributed by atoms with van der Waals surface area (Å²) in [6.45, 7) is 16.2. The van der Waals surface area contributed by atoms with Gasteiger partial charge in [0.2, 0.25) is 0 Å². The average molecular weight is 400 g/mol. The maximum atomic E-state index is 5.25. The van der Waals surface area contributed by atoms with E-state index in [2.05, 4.69) is 54.8 Å². The molecule has 0 saturated carbocycles. The van der Waals surface area contributed by atoms with Gasteiger partial charge in [-0.3, -0.25) is 0 Å². The largest absolute Gasteiger partial charge is 0.501 e. The summed E-state index contributed by atoms with van der Waals surface area (Å²) in [5.74, 6) is 2.21. The lowest BCUT2D eigenvalue weighted by atomic mass is 10.00. The molecule has 0 bridgehead atoms. The van der Waals surface area contributed by atoms with Gasteiger partial charge in [0.15, 0.2) is 0 Å². The summed E-state index contributed by atoms with van der Waals surface area (Å²) < 4.78 is 10.3. The fraction of sp³-hybridized carbons (Fsp3) is 0.417. The molecule has 0 rings (SSSR count). The van der Waals surface area contributed by atoms with Gasteiger partial charge in [-0.25, -0.2) is 9.98 Å². The van der Waals surface area contributed by atoms with E-state index in [1.54, 1.807) is 26.5 Å². The summed E-state index contributed by atoms with van der Waals surface area (Å²) in [6, 6.07) is 0. The number of methoxy groups -OCH3 is 2. The second kappa shape index (κ2) is 15.1. The zero-order valence-electron chi connectivity index (χ0n) is 19.3. The monoisotopic (exact) mass is 399 g/mol. The first kappa shape index (κ1) is 26.2. The van der Waals surface area contributed by atoms with Crippen molar-refractivity contribution < 1.29 is 9.47 Å².